The van der Waals surface area contributed by atoms with Gasteiger partial charge in [-0.1, -0.05) is 58.9 Å². The third kappa shape index (κ3) is 3.74. The third-order valence-electron chi connectivity index (χ3n) is 15.6. The lowest BCUT2D eigenvalue weighted by Gasteiger charge is -2.72. The Morgan fingerprint density at radius 1 is 0.952 bits per heavy atom. The van der Waals surface area contributed by atoms with Crippen LogP contribution < -0.4 is 0 Å². The van der Waals surface area contributed by atoms with E-state index in [1.165, 1.54) is 55.1 Å². The van der Waals surface area contributed by atoms with Gasteiger partial charge in [0.15, 0.2) is 0 Å². The molecule has 0 aromatic heterocycles. The van der Waals surface area contributed by atoms with Gasteiger partial charge >= 0.3 is 5.97 Å². The quantitative estimate of drug-likeness (QED) is 0.261. The van der Waals surface area contributed by atoms with Crippen LogP contribution in [0.5, 0.6) is 0 Å². The van der Waals surface area contributed by atoms with Gasteiger partial charge in [0.05, 0.1) is 5.41 Å². The van der Waals surface area contributed by atoms with Gasteiger partial charge in [-0.15, -0.1) is 0 Å². The summed E-state index contributed by atoms with van der Waals surface area (Å²) >= 11 is 0. The highest BCUT2D eigenvalue weighted by atomic mass is 19.1. The lowest BCUT2D eigenvalue weighted by molar-refractivity contribution is -0.224. The molecule has 6 aliphatic rings. The molecular formula is C38H55FO3. The molecule has 0 aromatic carbocycles. The third-order valence-corrected chi connectivity index (χ3v) is 15.6. The smallest absolute Gasteiger partial charge is 0.312 e. The van der Waals surface area contributed by atoms with E-state index in [2.05, 4.69) is 60.3 Å². The summed E-state index contributed by atoms with van der Waals surface area (Å²) in [6, 6.07) is 0. The Bertz CT molecular complexity index is 1240. The Balaban J connectivity index is 1.33. The summed E-state index contributed by atoms with van der Waals surface area (Å²) in [5.41, 5.74) is 3.22. The molecule has 4 heteroatoms. The highest BCUT2D eigenvalue weighted by molar-refractivity contribution is 5.75. The molecule has 1 unspecified atom stereocenters. The molecule has 0 spiro atoms. The molecule has 6 aliphatic carbocycles. The molecule has 10 atom stereocenters. The first-order valence-corrected chi connectivity index (χ1v) is 17.0. The van der Waals surface area contributed by atoms with E-state index in [-0.39, 0.29) is 27.1 Å². The number of carbonyl (C=O) groups excluding carboxylic acids is 1. The predicted octanol–water partition coefficient (Wildman–Crippen LogP) is 9.53. The minimum atomic E-state index is -1.25. The molecule has 3 nitrogen and oxygen atoms in total. The van der Waals surface area contributed by atoms with E-state index in [4.69, 9.17) is 0 Å². The van der Waals surface area contributed by atoms with Gasteiger partial charge in [-0.2, -0.15) is 0 Å². The van der Waals surface area contributed by atoms with E-state index < -0.39 is 18.1 Å². The van der Waals surface area contributed by atoms with Gasteiger partial charge < -0.3 is 9.90 Å². The second-order valence-electron chi connectivity index (χ2n) is 17.2. The average molecular weight is 579 g/mol. The number of aldehydes is 1. The number of allylic oxidation sites excluding steroid dienone is 5. The largest absolute Gasteiger partial charge is 0.481 e. The van der Waals surface area contributed by atoms with Gasteiger partial charge in [-0.25, -0.2) is 4.39 Å². The Hall–Kier alpha value is -1.71. The first-order chi connectivity index (χ1) is 19.7. The van der Waals surface area contributed by atoms with E-state index in [0.29, 0.717) is 48.9 Å². The number of fused-ring (bicyclic) bond motifs is 7. The fraction of sp³-hybridized carbons (Fsp3) is 0.789. The fourth-order valence-electron chi connectivity index (χ4n) is 13.1. The summed E-state index contributed by atoms with van der Waals surface area (Å²) in [6.45, 7) is 18.6. The summed E-state index contributed by atoms with van der Waals surface area (Å²) in [5, 5.41) is 9.73. The van der Waals surface area contributed by atoms with Crippen molar-refractivity contribution in [1.29, 1.82) is 0 Å². The van der Waals surface area contributed by atoms with Gasteiger partial charge in [-0.05, 0) is 146 Å². The molecule has 0 bridgehead atoms. The Labute approximate surface area is 253 Å². The minimum absolute atomic E-state index is 0.00735. The van der Waals surface area contributed by atoms with Crippen LogP contribution in [0.2, 0.25) is 0 Å². The summed E-state index contributed by atoms with van der Waals surface area (Å²) in [5.74, 6) is 1.71. The number of rotatable bonds is 5. The van der Waals surface area contributed by atoms with Crippen LogP contribution in [0.3, 0.4) is 0 Å². The molecule has 0 aliphatic heterocycles. The van der Waals surface area contributed by atoms with E-state index in [1.54, 1.807) is 0 Å². The molecular weight excluding hydrogens is 523 g/mol. The van der Waals surface area contributed by atoms with Crippen molar-refractivity contribution in [3.05, 3.63) is 35.5 Å². The van der Waals surface area contributed by atoms with Crippen molar-refractivity contribution in [2.24, 2.45) is 62.1 Å². The zero-order chi connectivity index (χ0) is 30.5. The maximum Gasteiger partial charge on any atom is 0.312 e. The van der Waals surface area contributed by atoms with Gasteiger partial charge in [0.1, 0.15) is 13.0 Å². The minimum Gasteiger partial charge on any atom is -0.481 e. The van der Waals surface area contributed by atoms with Crippen molar-refractivity contribution in [1.82, 2.24) is 0 Å². The molecule has 4 fully saturated rings. The molecule has 0 saturated heterocycles. The second-order valence-corrected chi connectivity index (χ2v) is 17.2. The first kappa shape index (κ1) is 30.3. The summed E-state index contributed by atoms with van der Waals surface area (Å²) in [6.07, 6.45) is 17.6. The van der Waals surface area contributed by atoms with Gasteiger partial charge in [0.25, 0.3) is 0 Å². The van der Waals surface area contributed by atoms with Crippen molar-refractivity contribution in [2.75, 3.05) is 6.67 Å². The van der Waals surface area contributed by atoms with Crippen molar-refractivity contribution >= 4 is 12.3 Å². The van der Waals surface area contributed by atoms with Crippen LogP contribution in [-0.4, -0.2) is 24.0 Å². The number of alkyl halides is 1. The predicted molar refractivity (Wildman–Crippen MR) is 166 cm³/mol. The highest BCUT2D eigenvalue weighted by Gasteiger charge is 2.70. The second kappa shape index (κ2) is 9.64. The lowest BCUT2D eigenvalue weighted by Crippen LogP contribution is -2.65. The van der Waals surface area contributed by atoms with Crippen LogP contribution in [0, 0.1) is 62.1 Å². The lowest BCUT2D eigenvalue weighted by atomic mass is 9.32. The number of aliphatic carboxylic acids is 1. The van der Waals surface area contributed by atoms with Gasteiger partial charge in [0.2, 0.25) is 0 Å². The number of halogens is 1. The van der Waals surface area contributed by atoms with Crippen LogP contribution >= 0.6 is 0 Å². The summed E-state index contributed by atoms with van der Waals surface area (Å²) in [4.78, 5) is 24.6. The van der Waals surface area contributed by atoms with Crippen LogP contribution in [0.4, 0.5) is 4.39 Å². The molecule has 0 radical (unpaired) electrons. The standard InChI is InChI=1S/C38H55FO3/c1-24(2)26-12-19-38(23-40)21-20-35(6)28(31(26)38)8-9-30-34(5)15-13-27(33(3,4)29(34)14-16-36(30,35)7)25-10-17-37(22-39,18-11-25)32(41)42/h10,13,23,26,28-31H,1,8-9,11-12,14-22H2,2-7H3,(H,41,42)/t26-,28+,29-,30+,31+,34-,35+,36+,37?,38+/m0/s1. The molecule has 232 valence electrons. The molecule has 0 aromatic rings. The average Bonchev–Trinajstić information content (AvgIpc) is 3.34. The van der Waals surface area contributed by atoms with Gasteiger partial charge in [0, 0.05) is 5.41 Å². The SMILES string of the molecule is C=C(C)[C@@H]1CC[C@]2(C=O)CC[C@]3(C)[C@H](CC[C@@H]4[C@@]5(C)CC=C(C6=CCC(CF)(C(=O)O)CC6)C(C)(C)[C@@H]5CC[C@]43C)[C@@H]12. The van der Waals surface area contributed by atoms with Crippen molar-refractivity contribution < 1.29 is 19.1 Å². The monoisotopic (exact) mass is 578 g/mol. The van der Waals surface area contributed by atoms with Crippen molar-refractivity contribution in [2.45, 2.75) is 119 Å². The number of hydrogen-bond donors (Lipinski definition) is 1. The molecule has 0 amide bonds. The highest BCUT2D eigenvalue weighted by Crippen LogP contribution is 2.77. The number of hydrogen-bond acceptors (Lipinski definition) is 2. The maximum atomic E-state index is 13.8. The Morgan fingerprint density at radius 2 is 1.69 bits per heavy atom. The molecule has 6 rings (SSSR count). The maximum absolute atomic E-state index is 13.8. The van der Waals surface area contributed by atoms with Crippen molar-refractivity contribution in [3.8, 4) is 0 Å². The first-order valence-electron chi connectivity index (χ1n) is 17.0. The number of carbonyl (C=O) groups is 2. The van der Waals surface area contributed by atoms with Gasteiger partial charge in [-0.3, -0.25) is 4.79 Å². The van der Waals surface area contributed by atoms with Crippen LogP contribution in [0.15, 0.2) is 35.5 Å². The molecule has 42 heavy (non-hydrogen) atoms. The molecule has 4 saturated carbocycles. The summed E-state index contributed by atoms with van der Waals surface area (Å²) < 4.78 is 13.8. The molecule has 0 heterocycles. The normalized spacial score (nSPS) is 49.4. The Kier molecular flexibility index (Phi) is 6.96. The number of carboxylic acids is 1. The van der Waals surface area contributed by atoms with E-state index in [9.17, 15) is 19.1 Å². The van der Waals surface area contributed by atoms with Crippen molar-refractivity contribution in [3.63, 3.8) is 0 Å². The summed E-state index contributed by atoms with van der Waals surface area (Å²) in [7, 11) is 0. The van der Waals surface area contributed by atoms with Crippen LogP contribution in [0.1, 0.15) is 119 Å². The molecule has 1 N–H and O–H groups in total. The van der Waals surface area contributed by atoms with Crippen LogP contribution in [-0.2, 0) is 9.59 Å². The fourth-order valence-corrected chi connectivity index (χ4v) is 13.1. The Morgan fingerprint density at radius 3 is 2.29 bits per heavy atom. The zero-order valence-corrected chi connectivity index (χ0v) is 27.2. The number of carboxylic acid groups (broad SMARTS) is 1. The zero-order valence-electron chi connectivity index (χ0n) is 27.2. The van der Waals surface area contributed by atoms with E-state index in [0.717, 1.165) is 25.7 Å². The van der Waals surface area contributed by atoms with Crippen LogP contribution in [0.25, 0.3) is 0 Å². The van der Waals surface area contributed by atoms with E-state index in [1.807, 2.05) is 0 Å². The topological polar surface area (TPSA) is 54.4 Å². The van der Waals surface area contributed by atoms with E-state index >= 15 is 0 Å².